The summed E-state index contributed by atoms with van der Waals surface area (Å²) in [7, 11) is 0. The van der Waals surface area contributed by atoms with E-state index in [2.05, 4.69) is 72.3 Å². The van der Waals surface area contributed by atoms with Crippen molar-refractivity contribution in [3.63, 3.8) is 0 Å². The molecule has 1 N–H and O–H groups in total. The van der Waals surface area contributed by atoms with E-state index < -0.39 is 0 Å². The van der Waals surface area contributed by atoms with Crippen molar-refractivity contribution in [3.05, 3.63) is 15.9 Å². The quantitative estimate of drug-likeness (QED) is 0.666. The van der Waals surface area contributed by atoms with Gasteiger partial charge in [0.1, 0.15) is 0 Å². The fraction of sp³-hybridized carbons (Fsp3) is 0.812. The fourth-order valence-electron chi connectivity index (χ4n) is 2.37. The minimum Gasteiger partial charge on any atom is -0.313 e. The molecule has 0 saturated carbocycles. The molecule has 1 atom stereocenters. The Morgan fingerprint density at radius 3 is 2.48 bits per heavy atom. The van der Waals surface area contributed by atoms with Crippen LogP contribution in [0.25, 0.3) is 0 Å². The number of hydrogen-bond acceptors (Lipinski definition) is 3. The molecule has 0 saturated heterocycles. The van der Waals surface area contributed by atoms with Crippen LogP contribution < -0.4 is 5.32 Å². The Balaban J connectivity index is 2.75. The SMILES string of the molecule is CCNC(CSCC(C)C)Cc1c(Br)c(CC)nn1CC. The maximum absolute atomic E-state index is 4.70. The summed E-state index contributed by atoms with van der Waals surface area (Å²) >= 11 is 5.81. The number of aryl methyl sites for hydroxylation is 2. The highest BCUT2D eigenvalue weighted by atomic mass is 79.9. The standard InChI is InChI=1S/C16H30BrN3S/c1-6-14-16(17)15(20(8-3)19-14)9-13(18-7-2)11-21-10-12(4)5/h12-13,18H,6-11H2,1-5H3. The molecule has 0 aliphatic heterocycles. The van der Waals surface area contributed by atoms with E-state index in [1.54, 1.807) is 0 Å². The van der Waals surface area contributed by atoms with Gasteiger partial charge in [0.15, 0.2) is 0 Å². The van der Waals surface area contributed by atoms with Crippen LogP contribution in [0.3, 0.4) is 0 Å². The third-order valence-electron chi connectivity index (χ3n) is 3.40. The Labute approximate surface area is 142 Å². The van der Waals surface area contributed by atoms with Crippen molar-refractivity contribution in [2.24, 2.45) is 5.92 Å². The van der Waals surface area contributed by atoms with Gasteiger partial charge in [-0.2, -0.15) is 16.9 Å². The third kappa shape index (κ3) is 5.95. The molecule has 1 unspecified atom stereocenters. The van der Waals surface area contributed by atoms with Crippen molar-refractivity contribution in [2.45, 2.75) is 60.0 Å². The lowest BCUT2D eigenvalue weighted by Gasteiger charge is -2.19. The van der Waals surface area contributed by atoms with E-state index in [0.717, 1.165) is 37.6 Å². The predicted octanol–water partition coefficient (Wildman–Crippen LogP) is 4.14. The lowest BCUT2D eigenvalue weighted by Crippen LogP contribution is -2.34. The summed E-state index contributed by atoms with van der Waals surface area (Å²) in [5, 5.41) is 8.33. The van der Waals surface area contributed by atoms with Crippen LogP contribution in [0.15, 0.2) is 4.47 Å². The van der Waals surface area contributed by atoms with Crippen LogP contribution in [-0.4, -0.2) is 33.9 Å². The number of rotatable bonds is 10. The Kier molecular flexibility index (Phi) is 8.98. The minimum atomic E-state index is 0.516. The zero-order chi connectivity index (χ0) is 15.8. The molecule has 3 nitrogen and oxygen atoms in total. The maximum atomic E-state index is 4.70. The highest BCUT2D eigenvalue weighted by Gasteiger charge is 2.18. The van der Waals surface area contributed by atoms with Crippen LogP contribution in [0.2, 0.25) is 0 Å². The normalized spacial score (nSPS) is 13.1. The van der Waals surface area contributed by atoms with Gasteiger partial charge in [0.2, 0.25) is 0 Å². The van der Waals surface area contributed by atoms with Crippen LogP contribution in [0.5, 0.6) is 0 Å². The number of thioether (sulfide) groups is 1. The van der Waals surface area contributed by atoms with Crippen LogP contribution >= 0.6 is 27.7 Å². The molecule has 0 radical (unpaired) electrons. The molecule has 0 spiro atoms. The van der Waals surface area contributed by atoms with E-state index in [-0.39, 0.29) is 0 Å². The first-order valence-electron chi connectivity index (χ1n) is 8.08. The Morgan fingerprint density at radius 2 is 1.95 bits per heavy atom. The molecule has 0 amide bonds. The van der Waals surface area contributed by atoms with Crippen LogP contribution in [-0.2, 0) is 19.4 Å². The number of nitrogens with zero attached hydrogens (tertiary/aromatic N) is 2. The number of aromatic nitrogens is 2. The van der Waals surface area contributed by atoms with Gasteiger partial charge in [0.05, 0.1) is 15.9 Å². The van der Waals surface area contributed by atoms with Crippen molar-refractivity contribution in [3.8, 4) is 0 Å². The van der Waals surface area contributed by atoms with Gasteiger partial charge in [-0.15, -0.1) is 0 Å². The zero-order valence-electron chi connectivity index (χ0n) is 14.1. The van der Waals surface area contributed by atoms with Gasteiger partial charge in [-0.05, 0) is 47.5 Å². The summed E-state index contributed by atoms with van der Waals surface area (Å²) in [6.45, 7) is 13.0. The lowest BCUT2D eigenvalue weighted by molar-refractivity contribution is 0.531. The highest BCUT2D eigenvalue weighted by Crippen LogP contribution is 2.24. The molecule has 122 valence electrons. The van der Waals surface area contributed by atoms with Gasteiger partial charge in [0, 0.05) is 24.8 Å². The second kappa shape index (κ2) is 9.90. The van der Waals surface area contributed by atoms with Crippen molar-refractivity contribution in [2.75, 3.05) is 18.1 Å². The van der Waals surface area contributed by atoms with Crippen molar-refractivity contribution >= 4 is 27.7 Å². The van der Waals surface area contributed by atoms with Crippen LogP contribution in [0.1, 0.15) is 46.0 Å². The first-order valence-corrected chi connectivity index (χ1v) is 10.0. The maximum Gasteiger partial charge on any atom is 0.0766 e. The molecule has 1 aromatic rings. The monoisotopic (exact) mass is 375 g/mol. The average molecular weight is 376 g/mol. The van der Waals surface area contributed by atoms with E-state index in [1.807, 2.05) is 0 Å². The summed E-state index contributed by atoms with van der Waals surface area (Å²) < 4.78 is 3.36. The molecule has 0 fully saturated rings. The first kappa shape index (κ1) is 19.0. The predicted molar refractivity (Wildman–Crippen MR) is 98.3 cm³/mol. The average Bonchev–Trinajstić information content (AvgIpc) is 2.75. The molecule has 1 aromatic heterocycles. The Hall–Kier alpha value is 0. The summed E-state index contributed by atoms with van der Waals surface area (Å²) in [5.74, 6) is 3.15. The van der Waals surface area contributed by atoms with Gasteiger partial charge in [-0.25, -0.2) is 0 Å². The molecule has 5 heteroatoms. The van der Waals surface area contributed by atoms with E-state index in [4.69, 9.17) is 5.10 Å². The smallest absolute Gasteiger partial charge is 0.0766 e. The van der Waals surface area contributed by atoms with E-state index in [0.29, 0.717) is 6.04 Å². The summed E-state index contributed by atoms with van der Waals surface area (Å²) in [5.41, 5.74) is 2.52. The highest BCUT2D eigenvalue weighted by molar-refractivity contribution is 9.10. The fourth-order valence-corrected chi connectivity index (χ4v) is 4.22. The first-order chi connectivity index (χ1) is 10.0. The van der Waals surface area contributed by atoms with Gasteiger partial charge < -0.3 is 5.32 Å². The molecule has 0 bridgehead atoms. The van der Waals surface area contributed by atoms with E-state index >= 15 is 0 Å². The molecular weight excluding hydrogens is 346 g/mol. The Morgan fingerprint density at radius 1 is 1.24 bits per heavy atom. The number of hydrogen-bond donors (Lipinski definition) is 1. The Bertz CT molecular complexity index is 418. The number of halogens is 1. The van der Waals surface area contributed by atoms with Crippen molar-refractivity contribution < 1.29 is 0 Å². The lowest BCUT2D eigenvalue weighted by atomic mass is 10.1. The largest absolute Gasteiger partial charge is 0.313 e. The van der Waals surface area contributed by atoms with E-state index in [1.165, 1.54) is 21.6 Å². The summed E-state index contributed by atoms with van der Waals surface area (Å²) in [6, 6.07) is 0.516. The van der Waals surface area contributed by atoms with Gasteiger partial charge in [-0.3, -0.25) is 4.68 Å². The number of likely N-dealkylation sites (N-methyl/N-ethyl adjacent to an activating group) is 1. The minimum absolute atomic E-state index is 0.516. The molecule has 0 aliphatic rings. The molecule has 0 aliphatic carbocycles. The second-order valence-corrected chi connectivity index (χ2v) is 7.63. The topological polar surface area (TPSA) is 29.9 Å². The number of nitrogens with one attached hydrogen (secondary N) is 1. The molecule has 1 heterocycles. The third-order valence-corrected chi connectivity index (χ3v) is 5.85. The van der Waals surface area contributed by atoms with Crippen LogP contribution in [0, 0.1) is 5.92 Å². The second-order valence-electron chi connectivity index (χ2n) is 5.77. The molecule has 0 aromatic carbocycles. The summed E-state index contributed by atoms with van der Waals surface area (Å²) in [6.07, 6.45) is 2.02. The molecular formula is C16H30BrN3S. The molecule has 1 rings (SSSR count). The zero-order valence-corrected chi connectivity index (χ0v) is 16.5. The molecule has 21 heavy (non-hydrogen) atoms. The summed E-state index contributed by atoms with van der Waals surface area (Å²) in [4.78, 5) is 0. The van der Waals surface area contributed by atoms with Crippen molar-refractivity contribution in [1.29, 1.82) is 0 Å². The van der Waals surface area contributed by atoms with Gasteiger partial charge in [0.25, 0.3) is 0 Å². The van der Waals surface area contributed by atoms with Crippen molar-refractivity contribution in [1.82, 2.24) is 15.1 Å². The van der Waals surface area contributed by atoms with Gasteiger partial charge in [-0.1, -0.05) is 27.7 Å². The van der Waals surface area contributed by atoms with Crippen LogP contribution in [0.4, 0.5) is 0 Å². The van der Waals surface area contributed by atoms with Gasteiger partial charge >= 0.3 is 0 Å². The van der Waals surface area contributed by atoms with E-state index in [9.17, 15) is 0 Å².